The fourth-order valence-corrected chi connectivity index (χ4v) is 2.29. The molecule has 0 amide bonds. The van der Waals surface area contributed by atoms with Crippen LogP contribution in [0.1, 0.15) is 71.2 Å². The van der Waals surface area contributed by atoms with Crippen molar-refractivity contribution < 1.29 is 0 Å². The number of aromatic nitrogens is 3. The third kappa shape index (κ3) is 3.17. The second-order valence-corrected chi connectivity index (χ2v) is 5.14. The predicted molar refractivity (Wildman–Crippen MR) is 70.4 cm³/mol. The zero-order chi connectivity index (χ0) is 12.1. The molecule has 1 rings (SSSR count). The second-order valence-electron chi connectivity index (χ2n) is 4.76. The van der Waals surface area contributed by atoms with Crippen molar-refractivity contribution in [3.63, 3.8) is 0 Å². The molecular formula is C12H23N3S. The Labute approximate surface area is 103 Å². The van der Waals surface area contributed by atoms with Crippen LogP contribution in [0.4, 0.5) is 0 Å². The van der Waals surface area contributed by atoms with Gasteiger partial charge in [-0.2, -0.15) is 5.10 Å². The van der Waals surface area contributed by atoms with Crippen LogP contribution in [0.2, 0.25) is 0 Å². The Morgan fingerprint density at radius 3 is 2.56 bits per heavy atom. The number of unbranched alkanes of at least 4 members (excludes halogenated alkanes) is 2. The summed E-state index contributed by atoms with van der Waals surface area (Å²) in [6.07, 6.45) is 5.01. The van der Waals surface area contributed by atoms with Crippen molar-refractivity contribution >= 4 is 12.2 Å². The maximum absolute atomic E-state index is 5.29. The van der Waals surface area contributed by atoms with Crippen molar-refractivity contribution in [2.75, 3.05) is 0 Å². The molecule has 92 valence electrons. The lowest BCUT2D eigenvalue weighted by Gasteiger charge is -2.16. The summed E-state index contributed by atoms with van der Waals surface area (Å²) in [6, 6.07) is 0.454. The molecule has 1 atom stereocenters. The minimum Gasteiger partial charge on any atom is -0.301 e. The molecule has 1 unspecified atom stereocenters. The van der Waals surface area contributed by atoms with Crippen LogP contribution in [0.15, 0.2) is 0 Å². The summed E-state index contributed by atoms with van der Waals surface area (Å²) in [4.78, 5) is 0. The van der Waals surface area contributed by atoms with E-state index in [0.29, 0.717) is 12.0 Å². The quantitative estimate of drug-likeness (QED) is 0.598. The van der Waals surface area contributed by atoms with Crippen LogP contribution in [0, 0.1) is 4.77 Å². The van der Waals surface area contributed by atoms with Gasteiger partial charge in [0.05, 0.1) is 0 Å². The number of nitrogens with zero attached hydrogens (tertiary/aromatic N) is 2. The standard InChI is InChI=1S/C12H23N3S/c1-5-6-7-8-10(4)15-11(9(2)3)13-14-12(15)16/h9-10H,5-8H2,1-4H3,(H,14,16). The number of aromatic amines is 1. The van der Waals surface area contributed by atoms with Gasteiger partial charge in [0.2, 0.25) is 0 Å². The van der Waals surface area contributed by atoms with Crippen LogP contribution in [0.3, 0.4) is 0 Å². The van der Waals surface area contributed by atoms with Gasteiger partial charge in [-0.1, -0.05) is 40.0 Å². The summed E-state index contributed by atoms with van der Waals surface area (Å²) in [5.41, 5.74) is 0. The van der Waals surface area contributed by atoms with Crippen molar-refractivity contribution in [3.05, 3.63) is 10.6 Å². The van der Waals surface area contributed by atoms with Gasteiger partial charge in [0.25, 0.3) is 0 Å². The lowest BCUT2D eigenvalue weighted by molar-refractivity contribution is 0.451. The maximum Gasteiger partial charge on any atom is 0.195 e. The highest BCUT2D eigenvalue weighted by molar-refractivity contribution is 7.71. The zero-order valence-corrected chi connectivity index (χ0v) is 11.6. The molecule has 0 aliphatic rings. The van der Waals surface area contributed by atoms with E-state index in [0.717, 1.165) is 10.6 Å². The molecule has 0 radical (unpaired) electrons. The number of H-pyrrole nitrogens is 1. The largest absolute Gasteiger partial charge is 0.301 e. The third-order valence-corrected chi connectivity index (χ3v) is 3.20. The van der Waals surface area contributed by atoms with Gasteiger partial charge < -0.3 is 4.57 Å². The number of rotatable bonds is 6. The summed E-state index contributed by atoms with van der Waals surface area (Å²) in [7, 11) is 0. The summed E-state index contributed by atoms with van der Waals surface area (Å²) < 4.78 is 2.93. The van der Waals surface area contributed by atoms with Gasteiger partial charge in [0, 0.05) is 12.0 Å². The van der Waals surface area contributed by atoms with Gasteiger partial charge >= 0.3 is 0 Å². The van der Waals surface area contributed by atoms with E-state index in [9.17, 15) is 0 Å². The average molecular weight is 241 g/mol. The van der Waals surface area contributed by atoms with E-state index in [-0.39, 0.29) is 0 Å². The van der Waals surface area contributed by atoms with E-state index in [1.165, 1.54) is 25.7 Å². The minimum absolute atomic E-state index is 0.418. The van der Waals surface area contributed by atoms with Gasteiger partial charge in [-0.25, -0.2) is 0 Å². The zero-order valence-electron chi connectivity index (χ0n) is 10.8. The number of hydrogen-bond acceptors (Lipinski definition) is 2. The first-order valence-corrected chi connectivity index (χ1v) is 6.65. The van der Waals surface area contributed by atoms with E-state index >= 15 is 0 Å². The molecule has 1 aromatic rings. The van der Waals surface area contributed by atoms with Crippen molar-refractivity contribution in [3.8, 4) is 0 Å². The first-order chi connectivity index (χ1) is 7.57. The molecule has 0 bridgehead atoms. The topological polar surface area (TPSA) is 33.6 Å². The molecular weight excluding hydrogens is 218 g/mol. The molecule has 1 N–H and O–H groups in total. The Kier molecular flexibility index (Phi) is 5.19. The Morgan fingerprint density at radius 2 is 2.00 bits per heavy atom. The first kappa shape index (κ1) is 13.4. The predicted octanol–water partition coefficient (Wildman–Crippen LogP) is 4.21. The number of nitrogens with one attached hydrogen (secondary N) is 1. The first-order valence-electron chi connectivity index (χ1n) is 6.24. The van der Waals surface area contributed by atoms with Crippen LogP contribution < -0.4 is 0 Å². The van der Waals surface area contributed by atoms with E-state index < -0.39 is 0 Å². The molecule has 0 aromatic carbocycles. The monoisotopic (exact) mass is 241 g/mol. The van der Waals surface area contributed by atoms with Crippen LogP contribution in [-0.4, -0.2) is 14.8 Å². The lowest BCUT2D eigenvalue weighted by atomic mass is 10.1. The second kappa shape index (κ2) is 6.18. The van der Waals surface area contributed by atoms with Gasteiger partial charge in [-0.05, 0) is 25.6 Å². The minimum atomic E-state index is 0.418. The van der Waals surface area contributed by atoms with E-state index in [4.69, 9.17) is 12.2 Å². The van der Waals surface area contributed by atoms with Crippen LogP contribution >= 0.6 is 12.2 Å². The molecule has 16 heavy (non-hydrogen) atoms. The maximum atomic E-state index is 5.29. The van der Waals surface area contributed by atoms with Crippen LogP contribution in [-0.2, 0) is 0 Å². The summed E-state index contributed by atoms with van der Waals surface area (Å²) in [5.74, 6) is 1.50. The van der Waals surface area contributed by atoms with Gasteiger partial charge in [0.1, 0.15) is 5.82 Å². The van der Waals surface area contributed by atoms with Gasteiger partial charge in [-0.3, -0.25) is 5.10 Å². The summed E-state index contributed by atoms with van der Waals surface area (Å²) >= 11 is 5.29. The highest BCUT2D eigenvalue weighted by Gasteiger charge is 2.14. The fraction of sp³-hybridized carbons (Fsp3) is 0.833. The van der Waals surface area contributed by atoms with E-state index in [2.05, 4.69) is 42.5 Å². The van der Waals surface area contributed by atoms with Gasteiger partial charge in [0.15, 0.2) is 4.77 Å². The Bertz CT molecular complexity index is 365. The highest BCUT2D eigenvalue weighted by Crippen LogP contribution is 2.21. The average Bonchev–Trinajstić information content (AvgIpc) is 2.60. The normalized spacial score (nSPS) is 13.3. The molecule has 3 nitrogen and oxygen atoms in total. The summed E-state index contributed by atoms with van der Waals surface area (Å²) in [6.45, 7) is 8.76. The highest BCUT2D eigenvalue weighted by atomic mass is 32.1. The molecule has 1 aromatic heterocycles. The smallest absolute Gasteiger partial charge is 0.195 e. The Balaban J connectivity index is 2.77. The van der Waals surface area contributed by atoms with Crippen molar-refractivity contribution in [1.82, 2.24) is 14.8 Å². The van der Waals surface area contributed by atoms with Crippen molar-refractivity contribution in [1.29, 1.82) is 0 Å². The summed E-state index contributed by atoms with van der Waals surface area (Å²) in [5, 5.41) is 7.22. The SMILES string of the molecule is CCCCCC(C)n1c(C(C)C)n[nH]c1=S. The molecule has 0 aliphatic carbocycles. The molecule has 4 heteroatoms. The fourth-order valence-electron chi connectivity index (χ4n) is 1.97. The lowest BCUT2D eigenvalue weighted by Crippen LogP contribution is -2.11. The third-order valence-electron chi connectivity index (χ3n) is 2.91. The molecule has 0 aliphatic heterocycles. The molecule has 0 saturated carbocycles. The van der Waals surface area contributed by atoms with E-state index in [1.54, 1.807) is 0 Å². The molecule has 1 heterocycles. The van der Waals surface area contributed by atoms with E-state index in [1.807, 2.05) is 0 Å². The Morgan fingerprint density at radius 1 is 1.31 bits per heavy atom. The van der Waals surface area contributed by atoms with Crippen LogP contribution in [0.5, 0.6) is 0 Å². The Hall–Kier alpha value is -0.640. The molecule has 0 fully saturated rings. The molecule has 0 saturated heterocycles. The van der Waals surface area contributed by atoms with Crippen LogP contribution in [0.25, 0.3) is 0 Å². The number of hydrogen-bond donors (Lipinski definition) is 1. The van der Waals surface area contributed by atoms with Crippen molar-refractivity contribution in [2.24, 2.45) is 0 Å². The molecule has 0 spiro atoms. The van der Waals surface area contributed by atoms with Crippen molar-refractivity contribution in [2.45, 2.75) is 65.3 Å². The van der Waals surface area contributed by atoms with Gasteiger partial charge in [-0.15, -0.1) is 0 Å².